The quantitative estimate of drug-likeness (QED) is 0.257. The number of ether oxygens (including phenoxy) is 1. The third-order valence-corrected chi connectivity index (χ3v) is 8.22. The first-order chi connectivity index (χ1) is 16.7. The zero-order valence-corrected chi connectivity index (χ0v) is 20.0. The number of fused-ring (bicyclic) bond motifs is 1. The van der Waals surface area contributed by atoms with E-state index >= 15 is 0 Å². The van der Waals surface area contributed by atoms with Crippen molar-refractivity contribution in [2.24, 2.45) is 0 Å². The number of rotatable bonds is 7. The predicted octanol–water partition coefficient (Wildman–Crippen LogP) is 2.13. The summed E-state index contributed by atoms with van der Waals surface area (Å²) in [5, 5.41) is 11.6. The van der Waals surface area contributed by atoms with Gasteiger partial charge in [0.15, 0.2) is 0 Å². The second-order valence-electron chi connectivity index (χ2n) is 7.97. The Kier molecular flexibility index (Phi) is 6.99. The highest BCUT2D eigenvalue weighted by atomic mass is 35.5. The summed E-state index contributed by atoms with van der Waals surface area (Å²) in [4.78, 5) is 49.5. The second-order valence-corrected chi connectivity index (χ2v) is 10.2. The van der Waals surface area contributed by atoms with E-state index < -0.39 is 50.2 Å². The lowest BCUT2D eigenvalue weighted by molar-refractivity contribution is -0.384. The van der Waals surface area contributed by atoms with E-state index in [1.807, 2.05) is 6.07 Å². The first kappa shape index (κ1) is 24.6. The molecule has 1 fully saturated rings. The highest BCUT2D eigenvalue weighted by Crippen LogP contribution is 2.40. The fraction of sp³-hybridized carbons (Fsp3) is 0.261. The fourth-order valence-corrected chi connectivity index (χ4v) is 5.86. The van der Waals surface area contributed by atoms with E-state index in [0.29, 0.717) is 5.56 Å². The van der Waals surface area contributed by atoms with E-state index in [9.17, 15) is 28.7 Å². The average Bonchev–Trinajstić information content (AvgIpc) is 2.85. The number of β-lactam (4-membered cyclic amide) rings is 1. The topological polar surface area (TPSA) is 136 Å². The van der Waals surface area contributed by atoms with Crippen molar-refractivity contribution in [1.82, 2.24) is 10.2 Å². The highest BCUT2D eigenvalue weighted by molar-refractivity contribution is 7.86. The molecule has 182 valence electrons. The molecule has 0 aromatic heterocycles. The maximum Gasteiger partial charge on any atom is 0.356 e. The summed E-state index contributed by atoms with van der Waals surface area (Å²) >= 11 is 6.31. The first-order valence-electron chi connectivity index (χ1n) is 10.5. The van der Waals surface area contributed by atoms with Gasteiger partial charge in [0, 0.05) is 12.1 Å². The van der Waals surface area contributed by atoms with Crippen molar-refractivity contribution >= 4 is 45.9 Å². The van der Waals surface area contributed by atoms with Gasteiger partial charge in [-0.05, 0) is 30.2 Å². The number of esters is 1. The number of nitrogens with zero attached hydrogens (tertiary/aromatic N) is 2. The van der Waals surface area contributed by atoms with Gasteiger partial charge in [-0.3, -0.25) is 28.8 Å². The average molecular weight is 518 g/mol. The Bertz CT molecular complexity index is 1250. The number of hydrogen-bond donors (Lipinski definition) is 1. The standard InChI is InChI=1S/C23H20ClN3O7S/c1-13-18(24)20(23(30)34-12-15-7-9-16(10-8-15)27(31)32)26-21(29)19(22(26)35(13)33)25-17(28)11-14-5-3-2-4-6-14/h2-10,13,19,22H,11-12H2,1H3,(H,25,28)/t13?,19?,22-,35?/m0/s1. The largest absolute Gasteiger partial charge is 0.456 e. The third-order valence-electron chi connectivity index (χ3n) is 5.69. The number of nitro benzene ring substituents is 1. The minimum absolute atomic E-state index is 0.0419. The molecular formula is C23H20ClN3O7S. The smallest absolute Gasteiger partial charge is 0.356 e. The summed E-state index contributed by atoms with van der Waals surface area (Å²) in [6.45, 7) is 1.34. The van der Waals surface area contributed by atoms with Gasteiger partial charge in [0.1, 0.15) is 23.7 Å². The van der Waals surface area contributed by atoms with Gasteiger partial charge in [-0.2, -0.15) is 0 Å². The van der Waals surface area contributed by atoms with E-state index in [-0.39, 0.29) is 29.4 Å². The SMILES string of the molecule is CC1C(Cl)=C(C(=O)OCc2ccc([N+](=O)[O-])cc2)N2C(=O)C(NC(=O)Cc3ccccc3)[C@@H]2S1=O. The normalized spacial score (nSPS) is 23.3. The number of halogens is 1. The van der Waals surface area contributed by atoms with E-state index in [1.54, 1.807) is 31.2 Å². The minimum Gasteiger partial charge on any atom is -0.456 e. The summed E-state index contributed by atoms with van der Waals surface area (Å²) in [5.74, 6) is -1.93. The molecule has 2 aromatic rings. The van der Waals surface area contributed by atoms with Crippen molar-refractivity contribution in [1.29, 1.82) is 0 Å². The number of benzene rings is 2. The van der Waals surface area contributed by atoms with Crippen molar-refractivity contribution in [3.63, 3.8) is 0 Å². The van der Waals surface area contributed by atoms with E-state index in [0.717, 1.165) is 10.5 Å². The Morgan fingerprint density at radius 2 is 1.80 bits per heavy atom. The molecule has 4 rings (SSSR count). The Labute approximate surface area is 207 Å². The number of carbonyl (C=O) groups excluding carboxylic acids is 3. The molecule has 2 aromatic carbocycles. The maximum absolute atomic E-state index is 13.0. The first-order valence-corrected chi connectivity index (χ1v) is 12.2. The second kappa shape index (κ2) is 9.96. The Balaban J connectivity index is 1.46. The van der Waals surface area contributed by atoms with Gasteiger partial charge in [0.05, 0.1) is 32.4 Å². The van der Waals surface area contributed by atoms with Crippen LogP contribution in [-0.2, 0) is 42.9 Å². The molecule has 4 atom stereocenters. The lowest BCUT2D eigenvalue weighted by Crippen LogP contribution is -2.74. The van der Waals surface area contributed by atoms with Gasteiger partial charge in [-0.15, -0.1) is 0 Å². The fourth-order valence-electron chi connectivity index (χ4n) is 3.82. The molecule has 2 aliphatic rings. The lowest BCUT2D eigenvalue weighted by Gasteiger charge is -2.50. The van der Waals surface area contributed by atoms with Crippen LogP contribution in [0.15, 0.2) is 65.3 Å². The molecule has 2 aliphatic heterocycles. The summed E-state index contributed by atoms with van der Waals surface area (Å²) in [7, 11) is -1.67. The summed E-state index contributed by atoms with van der Waals surface area (Å²) in [5.41, 5.74) is 0.920. The van der Waals surface area contributed by atoms with Crippen LogP contribution in [0.4, 0.5) is 5.69 Å². The number of hydrogen-bond acceptors (Lipinski definition) is 7. The molecule has 1 saturated heterocycles. The zero-order valence-electron chi connectivity index (χ0n) is 18.4. The monoisotopic (exact) mass is 517 g/mol. The van der Waals surface area contributed by atoms with Crippen LogP contribution in [0.2, 0.25) is 0 Å². The zero-order chi connectivity index (χ0) is 25.3. The summed E-state index contributed by atoms with van der Waals surface area (Å²) in [6, 6.07) is 13.3. The van der Waals surface area contributed by atoms with Gasteiger partial charge in [-0.1, -0.05) is 41.9 Å². The number of nitrogens with one attached hydrogen (secondary N) is 1. The van der Waals surface area contributed by atoms with Crippen molar-refractivity contribution in [3.8, 4) is 0 Å². The van der Waals surface area contributed by atoms with Gasteiger partial charge in [-0.25, -0.2) is 4.79 Å². The number of non-ortho nitro benzene ring substituents is 1. The molecule has 0 bridgehead atoms. The highest BCUT2D eigenvalue weighted by Gasteiger charge is 2.59. The van der Waals surface area contributed by atoms with Crippen LogP contribution in [-0.4, -0.2) is 48.5 Å². The molecular weight excluding hydrogens is 498 g/mol. The maximum atomic E-state index is 13.0. The number of amides is 2. The molecule has 12 heteroatoms. The molecule has 10 nitrogen and oxygen atoms in total. The predicted molar refractivity (Wildman–Crippen MR) is 126 cm³/mol. The lowest BCUT2D eigenvalue weighted by atomic mass is 10.0. The van der Waals surface area contributed by atoms with Crippen molar-refractivity contribution < 1.29 is 28.3 Å². The number of nitro groups is 1. The van der Waals surface area contributed by atoms with Crippen LogP contribution in [0.25, 0.3) is 0 Å². The minimum atomic E-state index is -1.67. The van der Waals surface area contributed by atoms with Crippen molar-refractivity contribution in [2.45, 2.75) is 36.6 Å². The van der Waals surface area contributed by atoms with Crippen molar-refractivity contribution in [2.75, 3.05) is 0 Å². The van der Waals surface area contributed by atoms with Crippen LogP contribution < -0.4 is 5.32 Å². The molecule has 0 saturated carbocycles. The van der Waals surface area contributed by atoms with Crippen LogP contribution >= 0.6 is 11.6 Å². The molecule has 0 aliphatic carbocycles. The molecule has 0 radical (unpaired) electrons. The Morgan fingerprint density at radius 1 is 1.14 bits per heavy atom. The van der Waals surface area contributed by atoms with Gasteiger partial charge < -0.3 is 10.1 Å². The third kappa shape index (κ3) is 4.82. The van der Waals surface area contributed by atoms with Gasteiger partial charge in [0.2, 0.25) is 5.91 Å². The van der Waals surface area contributed by atoms with Gasteiger partial charge >= 0.3 is 5.97 Å². The van der Waals surface area contributed by atoms with E-state index in [4.69, 9.17) is 16.3 Å². The van der Waals surface area contributed by atoms with Gasteiger partial charge in [0.25, 0.3) is 11.6 Å². The van der Waals surface area contributed by atoms with Crippen LogP contribution in [0.1, 0.15) is 18.1 Å². The van der Waals surface area contributed by atoms with E-state index in [1.165, 1.54) is 24.3 Å². The number of carbonyl (C=O) groups is 3. The van der Waals surface area contributed by atoms with E-state index in [2.05, 4.69) is 5.32 Å². The molecule has 2 amide bonds. The molecule has 2 heterocycles. The van der Waals surface area contributed by atoms with Crippen LogP contribution in [0.3, 0.4) is 0 Å². The molecule has 35 heavy (non-hydrogen) atoms. The molecule has 1 N–H and O–H groups in total. The Morgan fingerprint density at radius 3 is 2.43 bits per heavy atom. The Hall–Kier alpha value is -3.57. The van der Waals surface area contributed by atoms with Crippen molar-refractivity contribution in [3.05, 3.63) is 86.6 Å². The summed E-state index contributed by atoms with van der Waals surface area (Å²) in [6.07, 6.45) is 0.0419. The van der Waals surface area contributed by atoms with Crippen LogP contribution in [0.5, 0.6) is 0 Å². The molecule has 0 spiro atoms. The summed E-state index contributed by atoms with van der Waals surface area (Å²) < 4.78 is 18.3. The molecule has 3 unspecified atom stereocenters. The van der Waals surface area contributed by atoms with Crippen LogP contribution in [0, 0.1) is 10.1 Å².